The molecule has 0 aliphatic rings. The third-order valence-electron chi connectivity index (χ3n) is 1.98. The third kappa shape index (κ3) is 2.99. The van der Waals surface area contributed by atoms with Gasteiger partial charge < -0.3 is 10.4 Å². The van der Waals surface area contributed by atoms with Crippen molar-refractivity contribution in [3.05, 3.63) is 40.0 Å². The van der Waals surface area contributed by atoms with Gasteiger partial charge in [0.2, 0.25) is 0 Å². The largest absolute Gasteiger partial charge is 0.394 e. The molecule has 1 aromatic rings. The second kappa shape index (κ2) is 5.36. The molecule has 0 heterocycles. The smallest absolute Gasteiger partial charge is 0.0700 e. The lowest BCUT2D eigenvalue weighted by Gasteiger charge is -2.18. The van der Waals surface area contributed by atoms with E-state index >= 15 is 0 Å². The molecule has 1 atom stereocenters. The maximum absolute atomic E-state index is 9.12. The molecule has 3 heteroatoms. The van der Waals surface area contributed by atoms with E-state index < -0.39 is 0 Å². The Labute approximate surface area is 98.2 Å². The maximum Gasteiger partial charge on any atom is 0.0700 e. The van der Waals surface area contributed by atoms with Gasteiger partial charge in [-0.2, -0.15) is 0 Å². The Bertz CT molecular complexity index is 325. The van der Waals surface area contributed by atoms with Gasteiger partial charge >= 0.3 is 0 Å². The topological polar surface area (TPSA) is 32.3 Å². The van der Waals surface area contributed by atoms with E-state index in [-0.39, 0.29) is 12.6 Å². The number of nitrogens with one attached hydrogen (secondary N) is 1. The van der Waals surface area contributed by atoms with Crippen molar-refractivity contribution >= 4 is 28.3 Å². The molecular formula is C11H14INO. The quantitative estimate of drug-likeness (QED) is 0.662. The van der Waals surface area contributed by atoms with Gasteiger partial charge in [0.25, 0.3) is 0 Å². The number of hydrogen-bond acceptors (Lipinski definition) is 2. The monoisotopic (exact) mass is 303 g/mol. The van der Waals surface area contributed by atoms with Gasteiger partial charge in [0.05, 0.1) is 12.6 Å². The number of aliphatic hydroxyl groups is 1. The van der Waals surface area contributed by atoms with Gasteiger partial charge in [0.15, 0.2) is 0 Å². The van der Waals surface area contributed by atoms with Crippen molar-refractivity contribution in [1.29, 1.82) is 0 Å². The lowest BCUT2D eigenvalue weighted by molar-refractivity contribution is 0.287. The maximum atomic E-state index is 9.12. The summed E-state index contributed by atoms with van der Waals surface area (Å²) >= 11 is 2.26. The van der Waals surface area contributed by atoms with E-state index in [1.54, 1.807) is 0 Å². The normalized spacial score (nSPS) is 12.2. The van der Waals surface area contributed by atoms with E-state index in [2.05, 4.69) is 34.5 Å². The minimum Gasteiger partial charge on any atom is -0.394 e. The highest BCUT2D eigenvalue weighted by atomic mass is 127. The Hall–Kier alpha value is -0.550. The van der Waals surface area contributed by atoms with Crippen molar-refractivity contribution in [3.63, 3.8) is 0 Å². The molecule has 0 aliphatic heterocycles. The molecule has 0 saturated carbocycles. The highest BCUT2D eigenvalue weighted by Crippen LogP contribution is 2.19. The van der Waals surface area contributed by atoms with Crippen LogP contribution in [0.4, 0.5) is 5.69 Å². The second-order valence-electron chi connectivity index (χ2n) is 3.21. The molecule has 0 saturated heterocycles. The van der Waals surface area contributed by atoms with Crippen LogP contribution in [0.5, 0.6) is 0 Å². The Morgan fingerprint density at radius 2 is 2.21 bits per heavy atom. The fourth-order valence-electron chi connectivity index (χ4n) is 1.09. The van der Waals surface area contributed by atoms with Crippen LogP contribution in [0.25, 0.3) is 0 Å². The number of halogens is 1. The van der Waals surface area contributed by atoms with E-state index in [0.29, 0.717) is 0 Å². The van der Waals surface area contributed by atoms with Gasteiger partial charge in [0.1, 0.15) is 0 Å². The molecule has 76 valence electrons. The number of para-hydroxylation sites is 1. The standard InChI is InChI=1S/C11H14INO/c1-8(2)11(7-14)13-10-6-4-3-5-9(10)12/h3-6,11,13-14H,1,7H2,2H3/t11-/m1/s1. The van der Waals surface area contributed by atoms with Crippen LogP contribution in [0, 0.1) is 3.57 Å². The minimum atomic E-state index is -0.0640. The summed E-state index contributed by atoms with van der Waals surface area (Å²) in [5.41, 5.74) is 1.97. The van der Waals surface area contributed by atoms with Crippen molar-refractivity contribution in [2.75, 3.05) is 11.9 Å². The zero-order valence-corrected chi connectivity index (χ0v) is 10.3. The summed E-state index contributed by atoms with van der Waals surface area (Å²) in [5.74, 6) is 0. The minimum absolute atomic E-state index is 0.0640. The number of rotatable bonds is 4. The van der Waals surface area contributed by atoms with Gasteiger partial charge in [-0.25, -0.2) is 0 Å². The Kier molecular flexibility index (Phi) is 4.41. The number of anilines is 1. The lowest BCUT2D eigenvalue weighted by atomic mass is 10.1. The molecule has 1 rings (SSSR count). The van der Waals surface area contributed by atoms with Crippen molar-refractivity contribution in [2.24, 2.45) is 0 Å². The van der Waals surface area contributed by atoms with Crippen LogP contribution >= 0.6 is 22.6 Å². The molecular weight excluding hydrogens is 289 g/mol. The van der Waals surface area contributed by atoms with E-state index in [4.69, 9.17) is 5.11 Å². The van der Waals surface area contributed by atoms with E-state index in [0.717, 1.165) is 14.8 Å². The van der Waals surface area contributed by atoms with E-state index in [1.807, 2.05) is 31.2 Å². The number of benzene rings is 1. The highest BCUT2D eigenvalue weighted by molar-refractivity contribution is 14.1. The van der Waals surface area contributed by atoms with Crippen molar-refractivity contribution in [1.82, 2.24) is 0 Å². The van der Waals surface area contributed by atoms with Gasteiger partial charge in [-0.1, -0.05) is 24.3 Å². The molecule has 2 nitrogen and oxygen atoms in total. The number of aliphatic hydroxyl groups excluding tert-OH is 1. The van der Waals surface area contributed by atoms with Gasteiger partial charge in [0, 0.05) is 9.26 Å². The molecule has 2 N–H and O–H groups in total. The number of hydrogen-bond donors (Lipinski definition) is 2. The first-order chi connectivity index (χ1) is 6.65. The van der Waals surface area contributed by atoms with E-state index in [1.165, 1.54) is 0 Å². The molecule has 0 unspecified atom stereocenters. The molecule has 0 fully saturated rings. The zero-order valence-electron chi connectivity index (χ0n) is 8.13. The van der Waals surface area contributed by atoms with Crippen molar-refractivity contribution in [2.45, 2.75) is 13.0 Å². The van der Waals surface area contributed by atoms with Crippen LogP contribution in [-0.4, -0.2) is 17.8 Å². The first-order valence-corrected chi connectivity index (χ1v) is 5.50. The highest BCUT2D eigenvalue weighted by Gasteiger charge is 2.08. The summed E-state index contributed by atoms with van der Waals surface area (Å²) in [6, 6.07) is 7.91. The third-order valence-corrected chi connectivity index (χ3v) is 2.92. The molecule has 1 aromatic carbocycles. The average molecular weight is 303 g/mol. The summed E-state index contributed by atoms with van der Waals surface area (Å²) in [7, 11) is 0. The van der Waals surface area contributed by atoms with Crippen LogP contribution in [0.15, 0.2) is 36.4 Å². The van der Waals surface area contributed by atoms with Crippen molar-refractivity contribution in [3.8, 4) is 0 Å². The molecule has 0 aromatic heterocycles. The first kappa shape index (κ1) is 11.5. The molecule has 0 spiro atoms. The van der Waals surface area contributed by atoms with Gasteiger partial charge in [-0.15, -0.1) is 0 Å². The summed E-state index contributed by atoms with van der Waals surface area (Å²) < 4.78 is 1.14. The van der Waals surface area contributed by atoms with Crippen LogP contribution in [0.2, 0.25) is 0 Å². The predicted octanol–water partition coefficient (Wildman–Crippen LogP) is 2.64. The Balaban J connectivity index is 2.77. The Morgan fingerprint density at radius 1 is 1.57 bits per heavy atom. The molecule has 14 heavy (non-hydrogen) atoms. The van der Waals surface area contributed by atoms with Gasteiger partial charge in [-0.05, 0) is 41.6 Å². The second-order valence-corrected chi connectivity index (χ2v) is 4.37. The summed E-state index contributed by atoms with van der Waals surface area (Å²) in [5, 5.41) is 12.4. The average Bonchev–Trinajstić information content (AvgIpc) is 2.16. The van der Waals surface area contributed by atoms with Crippen LogP contribution in [0.3, 0.4) is 0 Å². The summed E-state index contributed by atoms with van der Waals surface area (Å²) in [4.78, 5) is 0. The van der Waals surface area contributed by atoms with Crippen molar-refractivity contribution < 1.29 is 5.11 Å². The fraction of sp³-hybridized carbons (Fsp3) is 0.273. The molecule has 0 bridgehead atoms. The molecule has 0 amide bonds. The molecule has 0 aliphatic carbocycles. The first-order valence-electron chi connectivity index (χ1n) is 4.42. The van der Waals surface area contributed by atoms with Gasteiger partial charge in [-0.3, -0.25) is 0 Å². The van der Waals surface area contributed by atoms with Crippen LogP contribution in [-0.2, 0) is 0 Å². The van der Waals surface area contributed by atoms with Crippen LogP contribution in [0.1, 0.15) is 6.92 Å². The molecule has 0 radical (unpaired) electrons. The fourth-order valence-corrected chi connectivity index (χ4v) is 1.63. The Morgan fingerprint density at radius 3 is 2.71 bits per heavy atom. The lowest BCUT2D eigenvalue weighted by Crippen LogP contribution is -2.24. The van der Waals surface area contributed by atoms with Crippen LogP contribution < -0.4 is 5.32 Å². The predicted molar refractivity (Wildman–Crippen MR) is 68.5 cm³/mol. The zero-order chi connectivity index (χ0) is 10.6. The summed E-state index contributed by atoms with van der Waals surface area (Å²) in [6.45, 7) is 5.80. The SMILES string of the molecule is C=C(C)[C@@H](CO)Nc1ccccc1I. The summed E-state index contributed by atoms with van der Waals surface area (Å²) in [6.07, 6.45) is 0. The van der Waals surface area contributed by atoms with E-state index in [9.17, 15) is 0 Å².